The number of nitrogens with one attached hydrogen (secondary N) is 3. The molecule has 36 heavy (non-hydrogen) atoms. The monoisotopic (exact) mass is 482 g/mol. The van der Waals surface area contributed by atoms with Gasteiger partial charge in [-0.1, -0.05) is 99.5 Å². The van der Waals surface area contributed by atoms with E-state index in [4.69, 9.17) is 5.41 Å². The zero-order valence-corrected chi connectivity index (χ0v) is 21.0. The lowest BCUT2D eigenvalue weighted by Crippen LogP contribution is -2.45. The number of rotatable bonds is 10. The Labute approximate surface area is 213 Å². The van der Waals surface area contributed by atoms with Gasteiger partial charge in [0.15, 0.2) is 11.5 Å². The van der Waals surface area contributed by atoms with Gasteiger partial charge in [0.25, 0.3) is 5.91 Å². The molecule has 1 heterocycles. The number of amides is 2. The minimum Gasteiger partial charge on any atom is -0.334 e. The molecule has 186 valence electrons. The van der Waals surface area contributed by atoms with Crippen LogP contribution in [-0.4, -0.2) is 22.7 Å². The second-order valence-electron chi connectivity index (χ2n) is 9.28. The number of hydrogen-bond donors (Lipinski definition) is 3. The number of carbonyl (C=O) groups excluding carboxylic acids is 2. The van der Waals surface area contributed by atoms with Crippen LogP contribution in [0.5, 0.6) is 0 Å². The maximum absolute atomic E-state index is 13.9. The summed E-state index contributed by atoms with van der Waals surface area (Å²) in [6.45, 7) is 4.44. The second-order valence-corrected chi connectivity index (χ2v) is 9.28. The van der Waals surface area contributed by atoms with E-state index in [-0.39, 0.29) is 30.2 Å². The Morgan fingerprint density at radius 3 is 2.06 bits per heavy atom. The Morgan fingerprint density at radius 1 is 0.944 bits per heavy atom. The van der Waals surface area contributed by atoms with Gasteiger partial charge in [0.05, 0.1) is 6.54 Å². The summed E-state index contributed by atoms with van der Waals surface area (Å²) in [5, 5.41) is 14.9. The molecule has 3 aromatic rings. The summed E-state index contributed by atoms with van der Waals surface area (Å²) >= 11 is 0. The SMILES string of the molecule is CCCCC(CC)C(=O)Nc1ccc(CN2C(=N)NC(c3ccccc3)(c3ccccc3)C2=O)cc1. The van der Waals surface area contributed by atoms with Crippen LogP contribution < -0.4 is 10.6 Å². The topological polar surface area (TPSA) is 85.3 Å². The first-order valence-electron chi connectivity index (χ1n) is 12.7. The van der Waals surface area contributed by atoms with Crippen molar-refractivity contribution >= 4 is 23.5 Å². The first-order chi connectivity index (χ1) is 17.5. The van der Waals surface area contributed by atoms with E-state index in [1.165, 1.54) is 4.90 Å². The molecule has 4 rings (SSSR count). The van der Waals surface area contributed by atoms with Crippen LogP contribution in [0.4, 0.5) is 5.69 Å². The Morgan fingerprint density at radius 2 is 1.53 bits per heavy atom. The number of benzene rings is 3. The van der Waals surface area contributed by atoms with E-state index in [1.54, 1.807) is 0 Å². The quantitative estimate of drug-likeness (QED) is 0.349. The van der Waals surface area contributed by atoms with Gasteiger partial charge in [-0.3, -0.25) is 19.9 Å². The summed E-state index contributed by atoms with van der Waals surface area (Å²) in [7, 11) is 0. The van der Waals surface area contributed by atoms with Gasteiger partial charge in [-0.05, 0) is 41.7 Å². The molecule has 1 saturated heterocycles. The third kappa shape index (κ3) is 5.03. The van der Waals surface area contributed by atoms with Gasteiger partial charge >= 0.3 is 0 Å². The average molecular weight is 483 g/mol. The Balaban J connectivity index is 1.52. The molecule has 1 unspecified atom stereocenters. The molecule has 6 heteroatoms. The second kappa shape index (κ2) is 11.2. The Bertz CT molecular complexity index is 1150. The molecule has 0 radical (unpaired) electrons. The summed E-state index contributed by atoms with van der Waals surface area (Å²) < 4.78 is 0. The zero-order valence-electron chi connectivity index (χ0n) is 21.0. The summed E-state index contributed by atoms with van der Waals surface area (Å²) in [5.74, 6) is -0.0619. The first kappa shape index (κ1) is 25.2. The molecule has 0 aliphatic carbocycles. The van der Waals surface area contributed by atoms with Crippen LogP contribution in [0.15, 0.2) is 84.9 Å². The molecule has 1 aliphatic heterocycles. The third-order valence-electron chi connectivity index (χ3n) is 6.89. The molecule has 1 aliphatic rings. The van der Waals surface area contributed by atoms with Crippen LogP contribution in [0.25, 0.3) is 0 Å². The maximum Gasteiger partial charge on any atom is 0.264 e. The summed E-state index contributed by atoms with van der Waals surface area (Å²) in [5.41, 5.74) is 2.05. The van der Waals surface area contributed by atoms with E-state index >= 15 is 0 Å². The van der Waals surface area contributed by atoms with Gasteiger partial charge in [-0.25, -0.2) is 0 Å². The summed E-state index contributed by atoms with van der Waals surface area (Å²) in [6.07, 6.45) is 3.84. The Kier molecular flexibility index (Phi) is 7.84. The molecule has 0 spiro atoms. The lowest BCUT2D eigenvalue weighted by Gasteiger charge is -2.28. The highest BCUT2D eigenvalue weighted by atomic mass is 16.2. The van der Waals surface area contributed by atoms with Crippen molar-refractivity contribution in [2.45, 2.75) is 51.6 Å². The highest BCUT2D eigenvalue weighted by molar-refractivity contribution is 6.10. The Hall–Kier alpha value is -3.93. The largest absolute Gasteiger partial charge is 0.334 e. The van der Waals surface area contributed by atoms with Crippen molar-refractivity contribution in [2.24, 2.45) is 5.92 Å². The molecule has 0 bridgehead atoms. The van der Waals surface area contributed by atoms with Crippen molar-refractivity contribution in [1.82, 2.24) is 10.2 Å². The minimum absolute atomic E-state index is 0.0162. The van der Waals surface area contributed by atoms with Gasteiger partial charge in [0, 0.05) is 11.6 Å². The van der Waals surface area contributed by atoms with E-state index in [0.29, 0.717) is 0 Å². The van der Waals surface area contributed by atoms with E-state index in [9.17, 15) is 9.59 Å². The van der Waals surface area contributed by atoms with Gasteiger partial charge in [-0.15, -0.1) is 0 Å². The molecule has 3 N–H and O–H groups in total. The molecular formula is C30H34N4O2. The standard InChI is InChI=1S/C30H34N4O2/c1-3-5-12-23(4-2)27(35)32-26-19-17-22(18-20-26)21-34-28(36)30(33-29(34)31,24-13-8-6-9-14-24)25-15-10-7-11-16-25/h6-11,13-20,23H,3-5,12,21H2,1-2H3,(H2,31,33)(H,32,35). The molecular weight excluding hydrogens is 448 g/mol. The molecule has 1 atom stereocenters. The average Bonchev–Trinajstić information content (AvgIpc) is 3.17. The summed E-state index contributed by atoms with van der Waals surface area (Å²) in [6, 6.07) is 26.6. The smallest absolute Gasteiger partial charge is 0.264 e. The lowest BCUT2D eigenvalue weighted by atomic mass is 9.82. The van der Waals surface area contributed by atoms with Crippen LogP contribution >= 0.6 is 0 Å². The number of anilines is 1. The lowest BCUT2D eigenvalue weighted by molar-refractivity contribution is -0.130. The van der Waals surface area contributed by atoms with Gasteiger partial charge < -0.3 is 10.6 Å². The highest BCUT2D eigenvalue weighted by Gasteiger charge is 2.52. The predicted octanol–water partition coefficient (Wildman–Crippen LogP) is 5.65. The van der Waals surface area contributed by atoms with Crippen LogP contribution in [0.1, 0.15) is 56.2 Å². The van der Waals surface area contributed by atoms with E-state index in [0.717, 1.165) is 48.1 Å². The van der Waals surface area contributed by atoms with E-state index < -0.39 is 5.54 Å². The number of carbonyl (C=O) groups is 2. The van der Waals surface area contributed by atoms with E-state index in [1.807, 2.05) is 91.9 Å². The molecule has 6 nitrogen and oxygen atoms in total. The normalized spacial score (nSPS) is 15.4. The van der Waals surface area contributed by atoms with Crippen molar-refractivity contribution in [3.05, 3.63) is 102 Å². The predicted molar refractivity (Wildman–Crippen MR) is 143 cm³/mol. The van der Waals surface area contributed by atoms with Crippen molar-refractivity contribution in [2.75, 3.05) is 5.32 Å². The van der Waals surface area contributed by atoms with Gasteiger partial charge in [0.1, 0.15) is 0 Å². The molecule has 3 aromatic carbocycles. The minimum atomic E-state index is -1.15. The fourth-order valence-electron chi connectivity index (χ4n) is 4.78. The third-order valence-corrected chi connectivity index (χ3v) is 6.89. The number of unbranched alkanes of at least 4 members (excludes halogenated alkanes) is 1. The maximum atomic E-state index is 13.9. The fraction of sp³-hybridized carbons (Fsp3) is 0.300. The summed E-state index contributed by atoms with van der Waals surface area (Å²) in [4.78, 5) is 28.0. The van der Waals surface area contributed by atoms with Gasteiger partial charge in [0.2, 0.25) is 5.91 Å². The zero-order chi connectivity index (χ0) is 25.5. The first-order valence-corrected chi connectivity index (χ1v) is 12.7. The van der Waals surface area contributed by atoms with Gasteiger partial charge in [-0.2, -0.15) is 0 Å². The molecule has 1 fully saturated rings. The van der Waals surface area contributed by atoms with Crippen molar-refractivity contribution < 1.29 is 9.59 Å². The van der Waals surface area contributed by atoms with Crippen LogP contribution in [0, 0.1) is 11.3 Å². The molecule has 0 aromatic heterocycles. The van der Waals surface area contributed by atoms with Crippen LogP contribution in [0.3, 0.4) is 0 Å². The fourth-order valence-corrected chi connectivity index (χ4v) is 4.78. The van der Waals surface area contributed by atoms with Crippen molar-refractivity contribution in [3.8, 4) is 0 Å². The van der Waals surface area contributed by atoms with Crippen molar-refractivity contribution in [1.29, 1.82) is 5.41 Å². The van der Waals surface area contributed by atoms with E-state index in [2.05, 4.69) is 17.6 Å². The highest BCUT2D eigenvalue weighted by Crippen LogP contribution is 2.36. The van der Waals surface area contributed by atoms with Crippen LogP contribution in [0.2, 0.25) is 0 Å². The number of nitrogens with zero attached hydrogens (tertiary/aromatic N) is 1. The molecule has 0 saturated carbocycles. The molecule has 2 amide bonds. The van der Waals surface area contributed by atoms with Crippen molar-refractivity contribution in [3.63, 3.8) is 0 Å². The number of hydrogen-bond acceptors (Lipinski definition) is 3. The van der Waals surface area contributed by atoms with Crippen LogP contribution in [-0.2, 0) is 21.7 Å². The number of guanidine groups is 1.